The van der Waals surface area contributed by atoms with Crippen molar-refractivity contribution in [1.29, 1.82) is 0 Å². The van der Waals surface area contributed by atoms with Gasteiger partial charge >= 0.3 is 0 Å². The molecule has 2 aromatic rings. The van der Waals surface area contributed by atoms with E-state index in [2.05, 4.69) is 20.6 Å². The van der Waals surface area contributed by atoms with Crippen molar-refractivity contribution in [1.82, 2.24) is 25.5 Å². The summed E-state index contributed by atoms with van der Waals surface area (Å²) in [5.74, 6) is -0.628. The van der Waals surface area contributed by atoms with E-state index >= 15 is 0 Å². The highest BCUT2D eigenvalue weighted by atomic mass is 16.2. The van der Waals surface area contributed by atoms with Crippen LogP contribution in [0.4, 0.5) is 0 Å². The first-order valence-corrected chi connectivity index (χ1v) is 10.3. The lowest BCUT2D eigenvalue weighted by molar-refractivity contribution is -0.126. The van der Waals surface area contributed by atoms with E-state index in [0.29, 0.717) is 45.4 Å². The van der Waals surface area contributed by atoms with E-state index in [1.807, 2.05) is 30.3 Å². The molecule has 2 heterocycles. The lowest BCUT2D eigenvalue weighted by Gasteiger charge is -2.22. The van der Waals surface area contributed by atoms with Gasteiger partial charge in [-0.2, -0.15) is 0 Å². The Bertz CT molecular complexity index is 844. The topological polar surface area (TPSA) is 104 Å². The highest BCUT2D eigenvalue weighted by Gasteiger charge is 2.23. The number of amides is 3. The second kappa shape index (κ2) is 11.0. The fourth-order valence-corrected chi connectivity index (χ4v) is 3.46. The largest absolute Gasteiger partial charge is 0.356 e. The molecule has 1 aromatic heterocycles. The molecule has 0 aliphatic carbocycles. The Kier molecular flexibility index (Phi) is 7.88. The average molecular weight is 409 g/mol. The quantitative estimate of drug-likeness (QED) is 0.797. The molecule has 8 nitrogen and oxygen atoms in total. The first kappa shape index (κ1) is 21.4. The molecular weight excluding hydrogens is 382 g/mol. The van der Waals surface area contributed by atoms with Crippen LogP contribution in [0, 0.1) is 5.92 Å². The molecular formula is C22H27N5O3. The predicted molar refractivity (Wildman–Crippen MR) is 111 cm³/mol. The van der Waals surface area contributed by atoms with Crippen LogP contribution in [-0.4, -0.2) is 52.2 Å². The molecule has 3 amide bonds. The van der Waals surface area contributed by atoms with E-state index in [1.165, 1.54) is 18.6 Å². The summed E-state index contributed by atoms with van der Waals surface area (Å²) < 4.78 is 0. The maximum Gasteiger partial charge on any atom is 0.274 e. The molecule has 158 valence electrons. The monoisotopic (exact) mass is 409 g/mol. The SMILES string of the molecule is O=C1CCN(C(=O)c2cnccn2)CCCC(C(=O)NCc2ccccc2)CCN1. The molecule has 1 atom stereocenters. The van der Waals surface area contributed by atoms with Crippen LogP contribution in [0.25, 0.3) is 0 Å². The number of rotatable bonds is 4. The second-order valence-corrected chi connectivity index (χ2v) is 7.31. The minimum Gasteiger partial charge on any atom is -0.356 e. The number of carbonyl (C=O) groups excluding carboxylic acids is 3. The third kappa shape index (κ3) is 6.37. The van der Waals surface area contributed by atoms with Gasteiger partial charge in [0, 0.05) is 50.9 Å². The average Bonchev–Trinajstić information content (AvgIpc) is 2.83. The minimum atomic E-state index is -0.250. The number of hydrogen-bond donors (Lipinski definition) is 2. The molecule has 0 saturated carbocycles. The van der Waals surface area contributed by atoms with Gasteiger partial charge in [-0.1, -0.05) is 30.3 Å². The van der Waals surface area contributed by atoms with Crippen LogP contribution < -0.4 is 10.6 Å². The minimum absolute atomic E-state index is 0.0286. The Balaban J connectivity index is 1.61. The summed E-state index contributed by atoms with van der Waals surface area (Å²) in [6.07, 6.45) is 6.51. The van der Waals surface area contributed by atoms with Gasteiger partial charge in [0.25, 0.3) is 5.91 Å². The molecule has 8 heteroatoms. The van der Waals surface area contributed by atoms with Crippen molar-refractivity contribution in [3.05, 3.63) is 60.2 Å². The van der Waals surface area contributed by atoms with E-state index in [9.17, 15) is 14.4 Å². The van der Waals surface area contributed by atoms with Crippen molar-refractivity contribution in [3.8, 4) is 0 Å². The normalized spacial score (nSPS) is 18.1. The first-order chi connectivity index (χ1) is 14.6. The highest BCUT2D eigenvalue weighted by molar-refractivity contribution is 5.92. The van der Waals surface area contributed by atoms with Crippen LogP contribution in [0.5, 0.6) is 0 Å². The zero-order valence-corrected chi connectivity index (χ0v) is 16.9. The highest BCUT2D eigenvalue weighted by Crippen LogP contribution is 2.15. The summed E-state index contributed by atoms with van der Waals surface area (Å²) in [5, 5.41) is 5.84. The van der Waals surface area contributed by atoms with E-state index in [1.54, 1.807) is 4.90 Å². The molecule has 30 heavy (non-hydrogen) atoms. The molecule has 1 unspecified atom stereocenters. The van der Waals surface area contributed by atoms with Crippen LogP contribution in [0.15, 0.2) is 48.9 Å². The third-order valence-corrected chi connectivity index (χ3v) is 5.15. The Morgan fingerprint density at radius 1 is 1.13 bits per heavy atom. The van der Waals surface area contributed by atoms with Crippen LogP contribution in [0.2, 0.25) is 0 Å². The Hall–Kier alpha value is -3.29. The molecule has 0 spiro atoms. The zero-order valence-electron chi connectivity index (χ0n) is 16.9. The first-order valence-electron chi connectivity index (χ1n) is 10.3. The van der Waals surface area contributed by atoms with Gasteiger partial charge in [0.2, 0.25) is 11.8 Å². The fraction of sp³-hybridized carbons (Fsp3) is 0.409. The summed E-state index contributed by atoms with van der Waals surface area (Å²) in [6, 6.07) is 9.74. The van der Waals surface area contributed by atoms with Gasteiger partial charge in [0.1, 0.15) is 5.69 Å². The number of benzene rings is 1. The van der Waals surface area contributed by atoms with Gasteiger partial charge < -0.3 is 15.5 Å². The summed E-state index contributed by atoms with van der Waals surface area (Å²) >= 11 is 0. The summed E-state index contributed by atoms with van der Waals surface area (Å²) in [4.78, 5) is 47.2. The third-order valence-electron chi connectivity index (χ3n) is 5.15. The molecule has 0 bridgehead atoms. The molecule has 0 radical (unpaired) electrons. The fourth-order valence-electron chi connectivity index (χ4n) is 3.46. The van der Waals surface area contributed by atoms with Gasteiger partial charge in [0.15, 0.2) is 0 Å². The second-order valence-electron chi connectivity index (χ2n) is 7.31. The van der Waals surface area contributed by atoms with Crippen LogP contribution >= 0.6 is 0 Å². The summed E-state index contributed by atoms with van der Waals surface area (Å²) in [5.41, 5.74) is 1.29. The standard InChI is InChI=1S/C22H27N5O3/c28-20-9-14-27(22(30)19-16-23-11-12-24-19)13-4-7-18(8-10-25-20)21(29)26-15-17-5-2-1-3-6-17/h1-3,5-6,11-12,16,18H,4,7-10,13-15H2,(H,25,28)(H,26,29). The maximum atomic E-state index is 12.7. The number of hydrogen-bond acceptors (Lipinski definition) is 5. The zero-order chi connectivity index (χ0) is 21.2. The number of aromatic nitrogens is 2. The van der Waals surface area contributed by atoms with Crippen molar-refractivity contribution in [2.24, 2.45) is 5.92 Å². The van der Waals surface area contributed by atoms with E-state index in [4.69, 9.17) is 0 Å². The maximum absolute atomic E-state index is 12.7. The van der Waals surface area contributed by atoms with Crippen LogP contribution in [0.1, 0.15) is 41.7 Å². The van der Waals surface area contributed by atoms with Crippen molar-refractivity contribution < 1.29 is 14.4 Å². The van der Waals surface area contributed by atoms with Gasteiger partial charge in [-0.05, 0) is 24.8 Å². The predicted octanol–water partition coefficient (Wildman–Crippen LogP) is 1.54. The number of carbonyl (C=O) groups is 3. The van der Waals surface area contributed by atoms with Crippen molar-refractivity contribution in [3.63, 3.8) is 0 Å². The van der Waals surface area contributed by atoms with Gasteiger partial charge in [-0.25, -0.2) is 4.98 Å². The Morgan fingerprint density at radius 2 is 1.97 bits per heavy atom. The molecule has 1 fully saturated rings. The smallest absolute Gasteiger partial charge is 0.274 e. The molecule has 3 rings (SSSR count). The van der Waals surface area contributed by atoms with Crippen LogP contribution in [-0.2, 0) is 16.1 Å². The van der Waals surface area contributed by atoms with Crippen molar-refractivity contribution in [2.75, 3.05) is 19.6 Å². The van der Waals surface area contributed by atoms with Gasteiger partial charge in [-0.15, -0.1) is 0 Å². The Labute approximate surface area is 176 Å². The molecule has 2 N–H and O–H groups in total. The number of nitrogens with one attached hydrogen (secondary N) is 2. The van der Waals surface area contributed by atoms with Crippen molar-refractivity contribution >= 4 is 17.7 Å². The van der Waals surface area contributed by atoms with Crippen molar-refractivity contribution in [2.45, 2.75) is 32.2 Å². The summed E-state index contributed by atoms with van der Waals surface area (Å²) in [6.45, 7) is 1.69. The van der Waals surface area contributed by atoms with Crippen LogP contribution in [0.3, 0.4) is 0 Å². The summed E-state index contributed by atoms with van der Waals surface area (Å²) in [7, 11) is 0. The van der Waals surface area contributed by atoms with E-state index in [-0.39, 0.29) is 35.8 Å². The molecule has 1 aromatic carbocycles. The molecule has 1 saturated heterocycles. The lowest BCUT2D eigenvalue weighted by atomic mass is 9.98. The Morgan fingerprint density at radius 3 is 2.73 bits per heavy atom. The number of nitrogens with zero attached hydrogens (tertiary/aromatic N) is 3. The van der Waals surface area contributed by atoms with E-state index < -0.39 is 0 Å². The van der Waals surface area contributed by atoms with Gasteiger partial charge in [0.05, 0.1) is 6.20 Å². The van der Waals surface area contributed by atoms with E-state index in [0.717, 1.165) is 5.56 Å². The molecule has 1 aliphatic heterocycles. The van der Waals surface area contributed by atoms with Gasteiger partial charge in [-0.3, -0.25) is 19.4 Å². The molecule has 1 aliphatic rings. The lowest BCUT2D eigenvalue weighted by Crippen LogP contribution is -2.36.